The van der Waals surface area contributed by atoms with E-state index in [0.29, 0.717) is 11.3 Å². The van der Waals surface area contributed by atoms with E-state index < -0.39 is 5.97 Å². The number of nitrogens with one attached hydrogen (secondary N) is 1. The molecule has 2 aromatic rings. The second-order valence-electron chi connectivity index (χ2n) is 3.00. The van der Waals surface area contributed by atoms with E-state index in [1.807, 2.05) is 0 Å². The highest BCUT2D eigenvalue weighted by atomic mass is 16.4. The Labute approximate surface area is 78.6 Å². The van der Waals surface area contributed by atoms with Gasteiger partial charge in [-0.05, 0) is 0 Å². The minimum absolute atomic E-state index is 0.0735. The molecule has 0 aromatic carbocycles. The van der Waals surface area contributed by atoms with Crippen LogP contribution in [0.5, 0.6) is 0 Å². The SMILES string of the molecule is O=C(O)Cc1cn2ccc(=O)cc2[nH]1. The molecule has 0 spiro atoms. The molecule has 5 heteroatoms. The highest BCUT2D eigenvalue weighted by Crippen LogP contribution is 2.02. The van der Waals surface area contributed by atoms with Crippen LogP contribution in [0.15, 0.2) is 29.3 Å². The summed E-state index contributed by atoms with van der Waals surface area (Å²) in [4.78, 5) is 24.2. The lowest BCUT2D eigenvalue weighted by molar-refractivity contribution is -0.136. The van der Waals surface area contributed by atoms with Crippen LogP contribution in [0.25, 0.3) is 5.65 Å². The molecule has 0 saturated heterocycles. The lowest BCUT2D eigenvalue weighted by Crippen LogP contribution is -1.99. The molecular formula is C9H8N2O3. The van der Waals surface area contributed by atoms with Crippen molar-refractivity contribution in [2.45, 2.75) is 6.42 Å². The van der Waals surface area contributed by atoms with Crippen LogP contribution in [0.2, 0.25) is 0 Å². The molecule has 5 nitrogen and oxygen atoms in total. The molecule has 0 saturated carbocycles. The Morgan fingerprint density at radius 2 is 2.36 bits per heavy atom. The fourth-order valence-electron chi connectivity index (χ4n) is 1.32. The molecule has 14 heavy (non-hydrogen) atoms. The third-order valence-corrected chi connectivity index (χ3v) is 1.88. The number of carboxylic acid groups (broad SMARTS) is 1. The first-order valence-corrected chi connectivity index (χ1v) is 4.07. The van der Waals surface area contributed by atoms with E-state index in [-0.39, 0.29) is 11.8 Å². The summed E-state index contributed by atoms with van der Waals surface area (Å²) in [5.41, 5.74) is 1.07. The van der Waals surface area contributed by atoms with Gasteiger partial charge in [-0.15, -0.1) is 0 Å². The molecule has 0 amide bonds. The monoisotopic (exact) mass is 192 g/mol. The van der Waals surface area contributed by atoms with Crippen LogP contribution in [0.3, 0.4) is 0 Å². The largest absolute Gasteiger partial charge is 0.481 e. The van der Waals surface area contributed by atoms with Gasteiger partial charge in [-0.2, -0.15) is 0 Å². The van der Waals surface area contributed by atoms with Gasteiger partial charge in [0.15, 0.2) is 5.43 Å². The molecule has 0 aliphatic heterocycles. The summed E-state index contributed by atoms with van der Waals surface area (Å²) in [5, 5.41) is 8.56. The Hall–Kier alpha value is -2.04. The van der Waals surface area contributed by atoms with Crippen LogP contribution >= 0.6 is 0 Å². The highest BCUT2D eigenvalue weighted by Gasteiger charge is 2.03. The third kappa shape index (κ3) is 1.52. The standard InChI is InChI=1S/C9H8N2O3/c12-7-1-2-11-5-6(3-9(13)14)10-8(11)4-7/h1-2,4-5,10H,3H2,(H,13,14). The zero-order valence-electron chi connectivity index (χ0n) is 7.23. The number of rotatable bonds is 2. The van der Waals surface area contributed by atoms with Crippen molar-refractivity contribution in [1.82, 2.24) is 9.38 Å². The van der Waals surface area contributed by atoms with Gasteiger partial charge in [0.2, 0.25) is 0 Å². The predicted molar refractivity (Wildman–Crippen MR) is 49.4 cm³/mol. The first-order chi connectivity index (χ1) is 6.65. The van der Waals surface area contributed by atoms with Crippen LogP contribution in [-0.2, 0) is 11.2 Å². The summed E-state index contributed by atoms with van der Waals surface area (Å²) in [6.07, 6.45) is 3.18. The van der Waals surface area contributed by atoms with Gasteiger partial charge >= 0.3 is 5.97 Å². The van der Waals surface area contributed by atoms with Crippen molar-refractivity contribution in [1.29, 1.82) is 0 Å². The van der Waals surface area contributed by atoms with Gasteiger partial charge in [0.1, 0.15) is 5.65 Å². The van der Waals surface area contributed by atoms with Crippen molar-refractivity contribution in [3.05, 3.63) is 40.4 Å². The first kappa shape index (κ1) is 8.55. The van der Waals surface area contributed by atoms with E-state index in [1.165, 1.54) is 12.1 Å². The number of fused-ring (bicyclic) bond motifs is 1. The normalized spacial score (nSPS) is 10.6. The molecular weight excluding hydrogens is 184 g/mol. The van der Waals surface area contributed by atoms with Crippen LogP contribution in [0.1, 0.15) is 5.69 Å². The number of pyridine rings is 1. The summed E-state index contributed by atoms with van der Waals surface area (Å²) in [5.74, 6) is -0.903. The number of aromatic nitrogens is 2. The molecule has 72 valence electrons. The summed E-state index contributed by atoms with van der Waals surface area (Å²) >= 11 is 0. The Balaban J connectivity index is 2.51. The third-order valence-electron chi connectivity index (χ3n) is 1.88. The number of carboxylic acids is 1. The Morgan fingerprint density at radius 1 is 1.57 bits per heavy atom. The predicted octanol–water partition coefficient (Wildman–Crippen LogP) is 0.255. The molecule has 0 bridgehead atoms. The van der Waals surface area contributed by atoms with Crippen molar-refractivity contribution in [3.63, 3.8) is 0 Å². The number of imidazole rings is 1. The maximum Gasteiger partial charge on any atom is 0.309 e. The number of hydrogen-bond acceptors (Lipinski definition) is 2. The van der Waals surface area contributed by atoms with Gasteiger partial charge in [0.25, 0.3) is 0 Å². The number of aromatic amines is 1. The van der Waals surface area contributed by atoms with Crippen LogP contribution in [0.4, 0.5) is 0 Å². The average Bonchev–Trinajstić information content (AvgIpc) is 2.44. The van der Waals surface area contributed by atoms with Crippen molar-refractivity contribution >= 4 is 11.6 Å². The molecule has 2 heterocycles. The van der Waals surface area contributed by atoms with E-state index in [2.05, 4.69) is 4.98 Å². The number of aliphatic carboxylic acids is 1. The minimum Gasteiger partial charge on any atom is -0.481 e. The van der Waals surface area contributed by atoms with Gasteiger partial charge < -0.3 is 14.5 Å². The Kier molecular flexibility index (Phi) is 1.85. The van der Waals surface area contributed by atoms with Crippen LogP contribution < -0.4 is 5.43 Å². The second kappa shape index (κ2) is 3.02. The average molecular weight is 192 g/mol. The Bertz CT molecular complexity index is 538. The second-order valence-corrected chi connectivity index (χ2v) is 3.00. The summed E-state index contributed by atoms with van der Waals surface area (Å²) in [6.45, 7) is 0. The van der Waals surface area contributed by atoms with Gasteiger partial charge in [-0.25, -0.2) is 0 Å². The molecule has 2 N–H and O–H groups in total. The molecule has 0 atom stereocenters. The fourth-order valence-corrected chi connectivity index (χ4v) is 1.32. The van der Waals surface area contributed by atoms with Crippen molar-refractivity contribution in [2.75, 3.05) is 0 Å². The van der Waals surface area contributed by atoms with E-state index in [1.54, 1.807) is 16.8 Å². The number of hydrogen-bond donors (Lipinski definition) is 2. The zero-order valence-corrected chi connectivity index (χ0v) is 7.23. The van der Waals surface area contributed by atoms with Gasteiger partial charge in [0.05, 0.1) is 6.42 Å². The number of H-pyrrole nitrogens is 1. The smallest absolute Gasteiger partial charge is 0.309 e. The molecule has 0 aliphatic rings. The topological polar surface area (TPSA) is 74.6 Å². The molecule has 0 fully saturated rings. The van der Waals surface area contributed by atoms with Crippen molar-refractivity contribution < 1.29 is 9.90 Å². The quantitative estimate of drug-likeness (QED) is 0.716. The molecule has 0 unspecified atom stereocenters. The number of nitrogens with zero attached hydrogens (tertiary/aromatic N) is 1. The Morgan fingerprint density at radius 3 is 3.07 bits per heavy atom. The molecule has 2 rings (SSSR count). The van der Waals surface area contributed by atoms with E-state index >= 15 is 0 Å². The molecule has 0 aliphatic carbocycles. The van der Waals surface area contributed by atoms with Gasteiger partial charge in [-0.1, -0.05) is 0 Å². The van der Waals surface area contributed by atoms with Crippen molar-refractivity contribution in [3.8, 4) is 0 Å². The summed E-state index contributed by atoms with van der Waals surface area (Å²) in [7, 11) is 0. The van der Waals surface area contributed by atoms with E-state index in [4.69, 9.17) is 5.11 Å². The maximum absolute atomic E-state index is 11.0. The minimum atomic E-state index is -0.903. The fraction of sp³-hybridized carbons (Fsp3) is 0.111. The van der Waals surface area contributed by atoms with Gasteiger partial charge in [0, 0.05) is 30.2 Å². The first-order valence-electron chi connectivity index (χ1n) is 4.07. The van der Waals surface area contributed by atoms with Crippen molar-refractivity contribution in [2.24, 2.45) is 0 Å². The molecule has 0 radical (unpaired) electrons. The zero-order chi connectivity index (χ0) is 10.1. The van der Waals surface area contributed by atoms with Crippen LogP contribution in [-0.4, -0.2) is 20.5 Å². The van der Waals surface area contributed by atoms with E-state index in [9.17, 15) is 9.59 Å². The van der Waals surface area contributed by atoms with Crippen LogP contribution in [0, 0.1) is 0 Å². The summed E-state index contributed by atoms with van der Waals surface area (Å²) < 4.78 is 1.68. The lowest BCUT2D eigenvalue weighted by Gasteiger charge is -1.87. The lowest BCUT2D eigenvalue weighted by atomic mass is 10.3. The summed E-state index contributed by atoms with van der Waals surface area (Å²) in [6, 6.07) is 2.84. The van der Waals surface area contributed by atoms with Gasteiger partial charge in [-0.3, -0.25) is 9.59 Å². The highest BCUT2D eigenvalue weighted by molar-refractivity contribution is 5.69. The molecule has 2 aromatic heterocycles. The maximum atomic E-state index is 11.0. The number of carbonyl (C=O) groups is 1. The van der Waals surface area contributed by atoms with E-state index in [0.717, 1.165) is 0 Å².